The van der Waals surface area contributed by atoms with Gasteiger partial charge in [-0.3, -0.25) is 0 Å². The van der Waals surface area contributed by atoms with E-state index in [1.807, 2.05) is 36.4 Å². The molecule has 0 aromatic heterocycles. The fraction of sp³-hybridized carbons (Fsp3) is 0.125. The molecule has 0 aliphatic carbocycles. The summed E-state index contributed by atoms with van der Waals surface area (Å²) in [6.07, 6.45) is 2.58. The van der Waals surface area contributed by atoms with Gasteiger partial charge in [0, 0.05) is 14.3 Å². The maximum atomic E-state index is 9.93. The standard InChI is InChI=1S/C16H15BrO2S/c1-3-4-11-9-15(19-2)14(18)10-16(11)20-13-7-5-12(17)6-8-13/h3,5-10,18H,1,4H2,2H3. The van der Waals surface area contributed by atoms with Crippen LogP contribution in [-0.4, -0.2) is 12.2 Å². The fourth-order valence-corrected chi connectivity index (χ4v) is 3.03. The molecule has 20 heavy (non-hydrogen) atoms. The van der Waals surface area contributed by atoms with Crippen molar-refractivity contribution in [2.45, 2.75) is 16.2 Å². The van der Waals surface area contributed by atoms with Crippen LogP contribution in [0.2, 0.25) is 0 Å². The average Bonchev–Trinajstić information content (AvgIpc) is 2.44. The van der Waals surface area contributed by atoms with Gasteiger partial charge in [0.05, 0.1) is 7.11 Å². The predicted molar refractivity (Wildman–Crippen MR) is 86.8 cm³/mol. The molecule has 0 fully saturated rings. The van der Waals surface area contributed by atoms with Gasteiger partial charge in [-0.25, -0.2) is 0 Å². The van der Waals surface area contributed by atoms with Gasteiger partial charge in [-0.1, -0.05) is 33.8 Å². The van der Waals surface area contributed by atoms with Crippen LogP contribution in [0.4, 0.5) is 0 Å². The normalized spacial score (nSPS) is 10.3. The summed E-state index contributed by atoms with van der Waals surface area (Å²) in [6.45, 7) is 3.77. The highest BCUT2D eigenvalue weighted by Gasteiger charge is 2.10. The minimum atomic E-state index is 0.153. The van der Waals surface area contributed by atoms with Gasteiger partial charge >= 0.3 is 0 Å². The van der Waals surface area contributed by atoms with E-state index in [1.54, 1.807) is 24.9 Å². The number of phenolic OH excluding ortho intramolecular Hbond substituents is 1. The Morgan fingerprint density at radius 1 is 1.30 bits per heavy atom. The number of benzene rings is 2. The number of rotatable bonds is 5. The number of methoxy groups -OCH3 is 1. The molecule has 104 valence electrons. The second kappa shape index (κ2) is 6.86. The Hall–Kier alpha value is -1.39. The summed E-state index contributed by atoms with van der Waals surface area (Å²) in [5, 5.41) is 9.93. The molecule has 2 rings (SSSR count). The molecule has 2 aromatic carbocycles. The number of ether oxygens (including phenoxy) is 1. The zero-order valence-corrected chi connectivity index (χ0v) is 13.5. The third-order valence-electron chi connectivity index (χ3n) is 2.77. The maximum Gasteiger partial charge on any atom is 0.160 e. The van der Waals surface area contributed by atoms with Crippen LogP contribution < -0.4 is 4.74 Å². The Kier molecular flexibility index (Phi) is 5.15. The zero-order chi connectivity index (χ0) is 14.5. The summed E-state index contributed by atoms with van der Waals surface area (Å²) < 4.78 is 6.20. The first-order valence-electron chi connectivity index (χ1n) is 6.08. The molecule has 1 N–H and O–H groups in total. The van der Waals surface area contributed by atoms with Crippen LogP contribution in [0.25, 0.3) is 0 Å². The number of aromatic hydroxyl groups is 1. The van der Waals surface area contributed by atoms with E-state index in [4.69, 9.17) is 4.74 Å². The van der Waals surface area contributed by atoms with E-state index in [0.29, 0.717) is 5.75 Å². The molecule has 0 heterocycles. The van der Waals surface area contributed by atoms with E-state index in [0.717, 1.165) is 26.2 Å². The van der Waals surface area contributed by atoms with Crippen molar-refractivity contribution < 1.29 is 9.84 Å². The Morgan fingerprint density at radius 3 is 2.60 bits per heavy atom. The molecule has 0 spiro atoms. The highest BCUT2D eigenvalue weighted by atomic mass is 79.9. The Morgan fingerprint density at radius 2 is 2.00 bits per heavy atom. The second-order valence-corrected chi connectivity index (χ2v) is 6.21. The summed E-state index contributed by atoms with van der Waals surface area (Å²) in [5.74, 6) is 0.641. The first kappa shape index (κ1) is 15.0. The minimum Gasteiger partial charge on any atom is -0.504 e. The largest absolute Gasteiger partial charge is 0.504 e. The van der Waals surface area contributed by atoms with E-state index in [1.165, 1.54) is 0 Å². The van der Waals surface area contributed by atoms with E-state index in [-0.39, 0.29) is 5.75 Å². The number of phenols is 1. The quantitative estimate of drug-likeness (QED) is 0.765. The minimum absolute atomic E-state index is 0.153. The van der Waals surface area contributed by atoms with E-state index < -0.39 is 0 Å². The van der Waals surface area contributed by atoms with Gasteiger partial charge in [0.15, 0.2) is 11.5 Å². The van der Waals surface area contributed by atoms with E-state index >= 15 is 0 Å². The van der Waals surface area contributed by atoms with Crippen molar-refractivity contribution >= 4 is 27.7 Å². The van der Waals surface area contributed by atoms with Crippen molar-refractivity contribution in [1.82, 2.24) is 0 Å². The van der Waals surface area contributed by atoms with Crippen molar-refractivity contribution in [2.75, 3.05) is 7.11 Å². The number of allylic oxidation sites excluding steroid dienone is 1. The van der Waals surface area contributed by atoms with Crippen LogP contribution in [-0.2, 0) is 6.42 Å². The third kappa shape index (κ3) is 3.58. The van der Waals surface area contributed by atoms with Gasteiger partial charge in [0.2, 0.25) is 0 Å². The molecule has 0 unspecified atom stereocenters. The highest BCUT2D eigenvalue weighted by Crippen LogP contribution is 2.38. The molecule has 4 heteroatoms. The van der Waals surface area contributed by atoms with Gasteiger partial charge in [-0.15, -0.1) is 6.58 Å². The lowest BCUT2D eigenvalue weighted by Gasteiger charge is -2.11. The van der Waals surface area contributed by atoms with Gasteiger partial charge in [-0.05, 0) is 48.4 Å². The summed E-state index contributed by atoms with van der Waals surface area (Å²) in [6, 6.07) is 11.7. The lowest BCUT2D eigenvalue weighted by Crippen LogP contribution is -1.91. The number of hydrogen-bond donors (Lipinski definition) is 1. The van der Waals surface area contributed by atoms with Crippen molar-refractivity contribution in [3.05, 3.63) is 59.1 Å². The SMILES string of the molecule is C=CCc1cc(OC)c(O)cc1Sc1ccc(Br)cc1. The molecule has 0 aliphatic heterocycles. The van der Waals surface area contributed by atoms with Crippen LogP contribution in [0.15, 0.2) is 63.3 Å². The van der Waals surface area contributed by atoms with Crippen molar-refractivity contribution in [3.63, 3.8) is 0 Å². The monoisotopic (exact) mass is 350 g/mol. The van der Waals surface area contributed by atoms with Crippen molar-refractivity contribution in [1.29, 1.82) is 0 Å². The van der Waals surface area contributed by atoms with Gasteiger partial charge in [-0.2, -0.15) is 0 Å². The smallest absolute Gasteiger partial charge is 0.160 e. The topological polar surface area (TPSA) is 29.5 Å². The molecule has 0 radical (unpaired) electrons. The molecule has 0 aliphatic rings. The highest BCUT2D eigenvalue weighted by molar-refractivity contribution is 9.10. The van der Waals surface area contributed by atoms with Gasteiger partial charge in [0.1, 0.15) is 0 Å². The van der Waals surface area contributed by atoms with Crippen LogP contribution in [0.5, 0.6) is 11.5 Å². The van der Waals surface area contributed by atoms with Crippen molar-refractivity contribution in [3.8, 4) is 11.5 Å². The summed E-state index contributed by atoms with van der Waals surface area (Å²) in [5.41, 5.74) is 1.09. The Balaban J connectivity index is 2.36. The van der Waals surface area contributed by atoms with Crippen LogP contribution in [0, 0.1) is 0 Å². The molecule has 0 amide bonds. The molecule has 0 saturated carbocycles. The number of halogens is 1. The summed E-state index contributed by atoms with van der Waals surface area (Å²) >= 11 is 5.03. The molecule has 0 bridgehead atoms. The summed E-state index contributed by atoms with van der Waals surface area (Å²) in [4.78, 5) is 2.12. The van der Waals surface area contributed by atoms with Crippen LogP contribution >= 0.6 is 27.7 Å². The first-order valence-corrected chi connectivity index (χ1v) is 7.69. The second-order valence-electron chi connectivity index (χ2n) is 4.18. The van der Waals surface area contributed by atoms with E-state index in [2.05, 4.69) is 22.5 Å². The predicted octanol–water partition coefficient (Wildman–Crippen LogP) is 5.04. The average molecular weight is 351 g/mol. The van der Waals surface area contributed by atoms with Crippen molar-refractivity contribution in [2.24, 2.45) is 0 Å². The van der Waals surface area contributed by atoms with Gasteiger partial charge in [0.25, 0.3) is 0 Å². The Bertz CT molecular complexity index is 609. The Labute approximate surface area is 131 Å². The molecule has 0 atom stereocenters. The molecular weight excluding hydrogens is 336 g/mol. The lowest BCUT2D eigenvalue weighted by atomic mass is 10.1. The molecular formula is C16H15BrO2S. The zero-order valence-electron chi connectivity index (χ0n) is 11.1. The van der Waals surface area contributed by atoms with Crippen LogP contribution in [0.1, 0.15) is 5.56 Å². The van der Waals surface area contributed by atoms with Crippen LogP contribution in [0.3, 0.4) is 0 Å². The lowest BCUT2D eigenvalue weighted by molar-refractivity contribution is 0.372. The maximum absolute atomic E-state index is 9.93. The van der Waals surface area contributed by atoms with Gasteiger partial charge < -0.3 is 9.84 Å². The molecule has 2 aromatic rings. The molecule has 0 saturated heterocycles. The molecule has 2 nitrogen and oxygen atoms in total. The fourth-order valence-electron chi connectivity index (χ4n) is 1.79. The third-order valence-corrected chi connectivity index (χ3v) is 4.40. The summed E-state index contributed by atoms with van der Waals surface area (Å²) in [7, 11) is 1.55. The first-order chi connectivity index (χ1) is 9.63. The number of hydrogen-bond acceptors (Lipinski definition) is 3. The van der Waals surface area contributed by atoms with E-state index in [9.17, 15) is 5.11 Å².